The van der Waals surface area contributed by atoms with Crippen LogP contribution in [0.1, 0.15) is 102 Å². The zero-order chi connectivity index (χ0) is 30.5. The third-order valence-electron chi connectivity index (χ3n) is 8.83. The summed E-state index contributed by atoms with van der Waals surface area (Å²) in [7, 11) is 1.68. The van der Waals surface area contributed by atoms with E-state index in [4.69, 9.17) is 14.5 Å². The Bertz CT molecular complexity index is 1240. The maximum Gasteiger partial charge on any atom is 0.325 e. The Labute approximate surface area is 252 Å². The molecule has 6 nitrogen and oxygen atoms in total. The third-order valence-corrected chi connectivity index (χ3v) is 8.83. The standard InChI is InChI=1S/C25H28N2O3.C10H20.CH2O/c1-30-21-12-11-19-14-20(16-26-24(25(28)29)18-9-3-2-4-10-18)27-23(22(19)15-21)13-17-7-5-6-8-17;1-10(2,3)9-7-5-4-6-8-9;1-2/h2-4,9-12,14-15,17,24,26H,5-8,13,16H2,1H3,(H,28,29);9H,4-8H2,1-3H3;1H2. The number of benzene rings is 2. The van der Waals surface area contributed by atoms with Crippen molar-refractivity contribution >= 4 is 23.5 Å². The fraction of sp³-hybridized carbons (Fsp3) is 0.528. The molecule has 2 N–H and O–H groups in total. The second-order valence-corrected chi connectivity index (χ2v) is 12.8. The summed E-state index contributed by atoms with van der Waals surface area (Å²) in [6.07, 6.45) is 13.4. The quantitative estimate of drug-likeness (QED) is 0.281. The molecule has 6 heteroatoms. The number of nitrogens with zero attached hydrogens (tertiary/aromatic N) is 1. The lowest BCUT2D eigenvalue weighted by atomic mass is 9.72. The highest BCUT2D eigenvalue weighted by Gasteiger charge is 2.25. The number of methoxy groups -OCH3 is 1. The number of aromatic nitrogens is 1. The first-order chi connectivity index (χ1) is 20.2. The van der Waals surface area contributed by atoms with Gasteiger partial charge in [-0.05, 0) is 65.7 Å². The maximum atomic E-state index is 11.8. The van der Waals surface area contributed by atoms with E-state index in [1.807, 2.05) is 49.3 Å². The van der Waals surface area contributed by atoms with Gasteiger partial charge in [0.2, 0.25) is 0 Å². The summed E-state index contributed by atoms with van der Waals surface area (Å²) in [5.41, 5.74) is 3.26. The van der Waals surface area contributed by atoms with E-state index in [0.717, 1.165) is 45.8 Å². The average Bonchev–Trinajstić information content (AvgIpc) is 3.52. The van der Waals surface area contributed by atoms with Gasteiger partial charge in [-0.1, -0.05) is 102 Å². The minimum atomic E-state index is -0.891. The molecule has 0 aliphatic heterocycles. The monoisotopic (exact) mass is 574 g/mol. The van der Waals surface area contributed by atoms with E-state index in [2.05, 4.69) is 38.2 Å². The molecule has 1 heterocycles. The first-order valence-electron chi connectivity index (χ1n) is 15.5. The average molecular weight is 575 g/mol. The van der Waals surface area contributed by atoms with Gasteiger partial charge in [0.1, 0.15) is 18.6 Å². The molecule has 0 amide bonds. The van der Waals surface area contributed by atoms with E-state index in [1.165, 1.54) is 57.8 Å². The van der Waals surface area contributed by atoms with Gasteiger partial charge in [-0.15, -0.1) is 0 Å². The van der Waals surface area contributed by atoms with Crippen LogP contribution < -0.4 is 10.1 Å². The summed E-state index contributed by atoms with van der Waals surface area (Å²) in [4.78, 5) is 24.8. The first-order valence-corrected chi connectivity index (χ1v) is 15.5. The number of ether oxygens (including phenoxy) is 1. The van der Waals surface area contributed by atoms with Gasteiger partial charge in [0.25, 0.3) is 0 Å². The number of carboxylic acids is 1. The largest absolute Gasteiger partial charge is 0.497 e. The fourth-order valence-corrected chi connectivity index (χ4v) is 6.39. The summed E-state index contributed by atoms with van der Waals surface area (Å²) in [6, 6.07) is 16.6. The molecule has 228 valence electrons. The van der Waals surface area contributed by atoms with Crippen molar-refractivity contribution in [1.82, 2.24) is 10.3 Å². The highest BCUT2D eigenvalue weighted by atomic mass is 16.5. The predicted octanol–water partition coefficient (Wildman–Crippen LogP) is 8.32. The number of hydrogen-bond donors (Lipinski definition) is 2. The van der Waals surface area contributed by atoms with Gasteiger partial charge in [-0.25, -0.2) is 0 Å². The van der Waals surface area contributed by atoms with Gasteiger partial charge in [0.15, 0.2) is 0 Å². The topological polar surface area (TPSA) is 88.5 Å². The van der Waals surface area contributed by atoms with E-state index >= 15 is 0 Å². The van der Waals surface area contributed by atoms with Crippen molar-refractivity contribution in [2.45, 2.75) is 97.6 Å². The van der Waals surface area contributed by atoms with Crippen LogP contribution in [0, 0.1) is 17.3 Å². The van der Waals surface area contributed by atoms with Crippen molar-refractivity contribution in [1.29, 1.82) is 0 Å². The molecule has 0 radical (unpaired) electrons. The second-order valence-electron chi connectivity index (χ2n) is 12.8. The molecule has 42 heavy (non-hydrogen) atoms. The number of pyridine rings is 1. The van der Waals surface area contributed by atoms with Crippen LogP contribution >= 0.6 is 0 Å². The molecule has 1 aromatic heterocycles. The van der Waals surface area contributed by atoms with E-state index in [0.29, 0.717) is 17.9 Å². The van der Waals surface area contributed by atoms with Crippen LogP contribution in [0.2, 0.25) is 0 Å². The minimum absolute atomic E-state index is 0.394. The minimum Gasteiger partial charge on any atom is -0.497 e. The third kappa shape index (κ3) is 9.65. The van der Waals surface area contributed by atoms with Gasteiger partial charge in [-0.2, -0.15) is 0 Å². The van der Waals surface area contributed by atoms with Crippen molar-refractivity contribution < 1.29 is 19.4 Å². The van der Waals surface area contributed by atoms with Crippen molar-refractivity contribution in [3.63, 3.8) is 0 Å². The van der Waals surface area contributed by atoms with E-state index in [9.17, 15) is 9.90 Å². The molecule has 5 rings (SSSR count). The zero-order valence-corrected chi connectivity index (χ0v) is 26.0. The van der Waals surface area contributed by atoms with Crippen LogP contribution in [0.3, 0.4) is 0 Å². The second kappa shape index (κ2) is 16.4. The van der Waals surface area contributed by atoms with Crippen molar-refractivity contribution in [3.05, 3.63) is 71.5 Å². The van der Waals surface area contributed by atoms with Gasteiger partial charge in [0.05, 0.1) is 12.8 Å². The van der Waals surface area contributed by atoms with Gasteiger partial charge < -0.3 is 14.6 Å². The number of nitrogens with one attached hydrogen (secondary N) is 1. The Morgan fingerprint density at radius 1 is 0.976 bits per heavy atom. The lowest BCUT2D eigenvalue weighted by Crippen LogP contribution is -2.28. The molecule has 0 saturated heterocycles. The lowest BCUT2D eigenvalue weighted by Gasteiger charge is -2.33. The van der Waals surface area contributed by atoms with Crippen LogP contribution in [-0.4, -0.2) is 30.0 Å². The number of fused-ring (bicyclic) bond motifs is 1. The molecule has 2 aromatic carbocycles. The SMILES string of the molecule is C=O.CC(C)(C)C1CCCCC1.COc1ccc2cc(CNC(C(=O)O)c3ccccc3)nc(CC3CCCC3)c2c1. The van der Waals surface area contributed by atoms with E-state index in [-0.39, 0.29) is 0 Å². The molecular formula is C36H50N2O4. The van der Waals surface area contributed by atoms with Crippen LogP contribution in [0.25, 0.3) is 10.8 Å². The van der Waals surface area contributed by atoms with Gasteiger partial charge >= 0.3 is 5.97 Å². The van der Waals surface area contributed by atoms with E-state index in [1.54, 1.807) is 7.11 Å². The molecule has 1 unspecified atom stereocenters. The van der Waals surface area contributed by atoms with Crippen molar-refractivity contribution in [3.8, 4) is 5.75 Å². The molecule has 2 aliphatic carbocycles. The smallest absolute Gasteiger partial charge is 0.325 e. The lowest BCUT2D eigenvalue weighted by molar-refractivity contribution is -0.139. The number of carboxylic acid groups (broad SMARTS) is 1. The Hall–Kier alpha value is -3.25. The molecule has 3 aromatic rings. The highest BCUT2D eigenvalue weighted by molar-refractivity contribution is 5.86. The molecule has 0 spiro atoms. The summed E-state index contributed by atoms with van der Waals surface area (Å²) >= 11 is 0. The molecule has 2 aliphatic rings. The van der Waals surface area contributed by atoms with Crippen LogP contribution in [0.5, 0.6) is 5.75 Å². The zero-order valence-electron chi connectivity index (χ0n) is 26.0. The number of hydrogen-bond acceptors (Lipinski definition) is 5. The van der Waals surface area contributed by atoms with Crippen LogP contribution in [0.4, 0.5) is 0 Å². The molecule has 1 atom stereocenters. The van der Waals surface area contributed by atoms with Gasteiger partial charge in [0, 0.05) is 17.6 Å². The summed E-state index contributed by atoms with van der Waals surface area (Å²) in [5, 5.41) is 15.1. The highest BCUT2D eigenvalue weighted by Crippen LogP contribution is 2.37. The van der Waals surface area contributed by atoms with Crippen molar-refractivity contribution in [2.75, 3.05) is 7.11 Å². The Morgan fingerprint density at radius 3 is 2.19 bits per heavy atom. The van der Waals surface area contributed by atoms with Crippen LogP contribution in [0.15, 0.2) is 54.6 Å². The predicted molar refractivity (Wildman–Crippen MR) is 171 cm³/mol. The molecule has 0 bridgehead atoms. The molecular weight excluding hydrogens is 524 g/mol. The fourth-order valence-electron chi connectivity index (χ4n) is 6.39. The summed E-state index contributed by atoms with van der Waals surface area (Å²) < 4.78 is 5.43. The van der Waals surface area contributed by atoms with E-state index < -0.39 is 12.0 Å². The number of carbonyl (C=O) groups excluding carboxylic acids is 1. The number of rotatable bonds is 8. The summed E-state index contributed by atoms with van der Waals surface area (Å²) in [5.74, 6) is 1.61. The molecule has 2 fully saturated rings. The van der Waals surface area contributed by atoms with Crippen molar-refractivity contribution in [2.24, 2.45) is 17.3 Å². The van der Waals surface area contributed by atoms with Crippen LogP contribution in [-0.2, 0) is 22.6 Å². The molecule has 2 saturated carbocycles. The summed E-state index contributed by atoms with van der Waals surface area (Å²) in [6.45, 7) is 9.53. The Balaban J connectivity index is 0.000000340. The Morgan fingerprint density at radius 2 is 1.62 bits per heavy atom. The van der Waals surface area contributed by atoms with Gasteiger partial charge in [-0.3, -0.25) is 15.1 Å². The Kier molecular flexibility index (Phi) is 13.0. The maximum absolute atomic E-state index is 11.8. The first kappa shape index (κ1) is 33.3. The number of aliphatic carboxylic acids is 1. The normalized spacial score (nSPS) is 16.6. The number of carbonyl (C=O) groups is 2.